The minimum Gasteiger partial charge on any atom is -0.497 e. The number of benzene rings is 2. The summed E-state index contributed by atoms with van der Waals surface area (Å²) >= 11 is 0. The van der Waals surface area contributed by atoms with Crippen LogP contribution < -0.4 is 15.4 Å². The zero-order valence-corrected chi connectivity index (χ0v) is 16.8. The van der Waals surface area contributed by atoms with Crippen LogP contribution in [0.2, 0.25) is 0 Å². The Kier molecular flexibility index (Phi) is 8.12. The fourth-order valence-corrected chi connectivity index (χ4v) is 2.91. The van der Waals surface area contributed by atoms with Gasteiger partial charge in [-0.05, 0) is 42.2 Å². The lowest BCUT2D eigenvalue weighted by Gasteiger charge is -2.23. The SMILES string of the molecule is COc1ccc(C(NC(=O)CCCNC(=O)c2ccc(F)cc2F)C(C)C)cc1. The molecule has 0 radical (unpaired) electrons. The van der Waals surface area contributed by atoms with E-state index in [1.165, 1.54) is 0 Å². The van der Waals surface area contributed by atoms with Crippen LogP contribution in [0.5, 0.6) is 5.75 Å². The van der Waals surface area contributed by atoms with Crippen molar-refractivity contribution in [2.45, 2.75) is 32.7 Å². The van der Waals surface area contributed by atoms with Crippen LogP contribution in [0.3, 0.4) is 0 Å². The maximum Gasteiger partial charge on any atom is 0.254 e. The van der Waals surface area contributed by atoms with Gasteiger partial charge in [-0.15, -0.1) is 0 Å². The molecule has 0 spiro atoms. The van der Waals surface area contributed by atoms with Crippen LogP contribution in [0.4, 0.5) is 8.78 Å². The van der Waals surface area contributed by atoms with E-state index in [0.29, 0.717) is 12.5 Å². The van der Waals surface area contributed by atoms with Gasteiger partial charge in [-0.1, -0.05) is 26.0 Å². The van der Waals surface area contributed by atoms with Gasteiger partial charge < -0.3 is 15.4 Å². The summed E-state index contributed by atoms with van der Waals surface area (Å²) < 4.78 is 31.7. The standard InChI is InChI=1S/C22H26F2N2O3/c1-14(2)21(15-6-9-17(29-3)10-7-15)26-20(27)5-4-12-25-22(28)18-11-8-16(23)13-19(18)24/h6-11,13-14,21H,4-5,12H2,1-3H3,(H,25,28)(H,26,27). The van der Waals surface area contributed by atoms with E-state index in [0.717, 1.165) is 23.4 Å². The highest BCUT2D eigenvalue weighted by molar-refractivity contribution is 5.94. The smallest absolute Gasteiger partial charge is 0.254 e. The fraction of sp³-hybridized carbons (Fsp3) is 0.364. The van der Waals surface area contributed by atoms with Crippen molar-refractivity contribution in [2.75, 3.05) is 13.7 Å². The number of methoxy groups -OCH3 is 1. The van der Waals surface area contributed by atoms with E-state index in [9.17, 15) is 18.4 Å². The van der Waals surface area contributed by atoms with Gasteiger partial charge in [0.1, 0.15) is 17.4 Å². The van der Waals surface area contributed by atoms with Gasteiger partial charge in [0.2, 0.25) is 5.91 Å². The van der Waals surface area contributed by atoms with Gasteiger partial charge in [0.05, 0.1) is 18.7 Å². The second kappa shape index (κ2) is 10.5. The first-order valence-corrected chi connectivity index (χ1v) is 9.48. The third-order valence-corrected chi connectivity index (χ3v) is 4.50. The number of ether oxygens (including phenoxy) is 1. The minimum absolute atomic E-state index is 0.137. The Morgan fingerprint density at radius 3 is 2.34 bits per heavy atom. The number of hydrogen-bond acceptors (Lipinski definition) is 3. The number of halogens is 2. The van der Waals surface area contributed by atoms with Gasteiger partial charge in [-0.3, -0.25) is 9.59 Å². The molecule has 7 heteroatoms. The Balaban J connectivity index is 1.82. The van der Waals surface area contributed by atoms with E-state index in [1.807, 2.05) is 38.1 Å². The van der Waals surface area contributed by atoms with Gasteiger partial charge in [-0.2, -0.15) is 0 Å². The molecule has 2 amide bonds. The average Bonchev–Trinajstić information content (AvgIpc) is 2.69. The summed E-state index contributed by atoms with van der Waals surface area (Å²) in [7, 11) is 1.60. The maximum atomic E-state index is 13.6. The van der Waals surface area contributed by atoms with Gasteiger partial charge >= 0.3 is 0 Å². The predicted octanol–water partition coefficient (Wildman–Crippen LogP) is 4.00. The van der Waals surface area contributed by atoms with Crippen molar-refractivity contribution in [1.29, 1.82) is 0 Å². The van der Waals surface area contributed by atoms with Crippen LogP contribution >= 0.6 is 0 Å². The molecule has 2 rings (SSSR count). The van der Waals surface area contributed by atoms with Gasteiger partial charge in [0.15, 0.2) is 0 Å². The highest BCUT2D eigenvalue weighted by Crippen LogP contribution is 2.24. The van der Waals surface area contributed by atoms with Crippen LogP contribution in [0.15, 0.2) is 42.5 Å². The molecule has 0 aliphatic heterocycles. The second-order valence-corrected chi connectivity index (χ2v) is 7.05. The molecule has 1 unspecified atom stereocenters. The van der Waals surface area contributed by atoms with Gasteiger partial charge in [0.25, 0.3) is 5.91 Å². The highest BCUT2D eigenvalue weighted by atomic mass is 19.1. The fourth-order valence-electron chi connectivity index (χ4n) is 2.91. The number of nitrogens with one attached hydrogen (secondary N) is 2. The summed E-state index contributed by atoms with van der Waals surface area (Å²) in [5, 5.41) is 5.55. The lowest BCUT2D eigenvalue weighted by molar-refractivity contribution is -0.122. The van der Waals surface area contributed by atoms with E-state index in [4.69, 9.17) is 4.74 Å². The number of rotatable bonds is 9. The largest absolute Gasteiger partial charge is 0.497 e. The van der Waals surface area contributed by atoms with Gasteiger partial charge in [-0.25, -0.2) is 8.78 Å². The number of carbonyl (C=O) groups excluding carboxylic acids is 2. The molecular formula is C22H26F2N2O3. The third-order valence-electron chi connectivity index (χ3n) is 4.50. The Hall–Kier alpha value is -2.96. The third kappa shape index (κ3) is 6.55. The molecule has 2 aromatic carbocycles. The van der Waals surface area contributed by atoms with E-state index < -0.39 is 17.5 Å². The normalized spacial score (nSPS) is 11.8. The van der Waals surface area contributed by atoms with Crippen molar-refractivity contribution >= 4 is 11.8 Å². The molecule has 0 aromatic heterocycles. The van der Waals surface area contributed by atoms with Crippen LogP contribution in [0, 0.1) is 17.6 Å². The number of amides is 2. The first kappa shape index (κ1) is 22.3. The van der Waals surface area contributed by atoms with Gasteiger partial charge in [0, 0.05) is 19.0 Å². The minimum atomic E-state index is -0.917. The average molecular weight is 404 g/mol. The molecule has 0 aliphatic rings. The molecule has 0 bridgehead atoms. The van der Waals surface area contributed by atoms with E-state index >= 15 is 0 Å². The number of hydrogen-bond donors (Lipinski definition) is 2. The van der Waals surface area contributed by atoms with E-state index in [1.54, 1.807) is 7.11 Å². The molecule has 0 saturated carbocycles. The van der Waals surface area contributed by atoms with Crippen molar-refractivity contribution in [1.82, 2.24) is 10.6 Å². The molecule has 29 heavy (non-hydrogen) atoms. The Labute approximate surface area is 169 Å². The predicted molar refractivity (Wildman–Crippen MR) is 107 cm³/mol. The number of carbonyl (C=O) groups is 2. The zero-order valence-electron chi connectivity index (χ0n) is 16.8. The summed E-state index contributed by atoms with van der Waals surface area (Å²) in [5.74, 6) is -1.50. The summed E-state index contributed by atoms with van der Waals surface area (Å²) in [5.41, 5.74) is 0.754. The summed E-state index contributed by atoms with van der Waals surface area (Å²) in [6, 6.07) is 10.2. The van der Waals surface area contributed by atoms with Crippen molar-refractivity contribution in [2.24, 2.45) is 5.92 Å². The topological polar surface area (TPSA) is 67.4 Å². The second-order valence-electron chi connectivity index (χ2n) is 7.05. The maximum absolute atomic E-state index is 13.6. The Morgan fingerprint density at radius 1 is 1.07 bits per heavy atom. The first-order valence-electron chi connectivity index (χ1n) is 9.48. The zero-order chi connectivity index (χ0) is 21.4. The van der Waals surface area contributed by atoms with Crippen molar-refractivity contribution in [3.05, 3.63) is 65.2 Å². The summed E-state index contributed by atoms with van der Waals surface area (Å²) in [4.78, 5) is 24.3. The Bertz CT molecular complexity index is 838. The van der Waals surface area contributed by atoms with E-state index in [-0.39, 0.29) is 36.4 Å². The quantitative estimate of drug-likeness (QED) is 0.621. The Morgan fingerprint density at radius 2 is 1.76 bits per heavy atom. The van der Waals surface area contributed by atoms with Crippen molar-refractivity contribution < 1.29 is 23.1 Å². The van der Waals surface area contributed by atoms with Crippen LogP contribution in [0.25, 0.3) is 0 Å². The lowest BCUT2D eigenvalue weighted by Crippen LogP contribution is -2.32. The molecule has 2 aromatic rings. The molecule has 0 aliphatic carbocycles. The molecular weight excluding hydrogens is 378 g/mol. The first-order chi connectivity index (χ1) is 13.8. The van der Waals surface area contributed by atoms with Crippen LogP contribution in [-0.2, 0) is 4.79 Å². The molecule has 0 heterocycles. The molecule has 1 atom stereocenters. The summed E-state index contributed by atoms with van der Waals surface area (Å²) in [6.07, 6.45) is 0.610. The lowest BCUT2D eigenvalue weighted by atomic mass is 9.95. The van der Waals surface area contributed by atoms with Crippen LogP contribution in [0.1, 0.15) is 48.7 Å². The molecule has 0 saturated heterocycles. The highest BCUT2D eigenvalue weighted by Gasteiger charge is 2.18. The van der Waals surface area contributed by atoms with Crippen LogP contribution in [-0.4, -0.2) is 25.5 Å². The molecule has 2 N–H and O–H groups in total. The molecule has 156 valence electrons. The molecule has 5 nitrogen and oxygen atoms in total. The van der Waals surface area contributed by atoms with E-state index in [2.05, 4.69) is 10.6 Å². The van der Waals surface area contributed by atoms with Crippen molar-refractivity contribution in [3.63, 3.8) is 0 Å². The molecule has 0 fully saturated rings. The monoisotopic (exact) mass is 404 g/mol. The summed E-state index contributed by atoms with van der Waals surface area (Å²) in [6.45, 7) is 4.25. The van der Waals surface area contributed by atoms with Crippen molar-refractivity contribution in [3.8, 4) is 5.75 Å².